The minimum absolute atomic E-state index is 0.0678. The average molecular weight is 474 g/mol. The molecule has 6 nitrogen and oxygen atoms in total. The van der Waals surface area contributed by atoms with Crippen molar-refractivity contribution in [3.05, 3.63) is 35.4 Å². The maximum absolute atomic E-state index is 13.1. The van der Waals surface area contributed by atoms with E-state index in [1.165, 1.54) is 25.7 Å². The predicted octanol–water partition coefficient (Wildman–Crippen LogP) is 4.09. The van der Waals surface area contributed by atoms with Gasteiger partial charge in [0.05, 0.1) is 11.0 Å². The summed E-state index contributed by atoms with van der Waals surface area (Å²) in [6, 6.07) is 7.34. The minimum Gasteiger partial charge on any atom is -0.290 e. The Labute approximate surface area is 198 Å². The van der Waals surface area contributed by atoms with Crippen LogP contribution in [0.2, 0.25) is 0 Å². The molecule has 4 aliphatic rings. The first-order chi connectivity index (χ1) is 15.7. The van der Waals surface area contributed by atoms with Crippen molar-refractivity contribution in [1.82, 2.24) is 5.43 Å². The van der Waals surface area contributed by atoms with E-state index in [0.717, 1.165) is 37.7 Å². The van der Waals surface area contributed by atoms with Gasteiger partial charge in [0, 0.05) is 6.04 Å². The number of hydrogen-bond acceptors (Lipinski definition) is 3. The van der Waals surface area contributed by atoms with Crippen LogP contribution in [-0.4, -0.2) is 20.6 Å². The summed E-state index contributed by atoms with van der Waals surface area (Å²) in [6.45, 7) is 6.78. The van der Waals surface area contributed by atoms with Gasteiger partial charge < -0.3 is 0 Å². The Balaban J connectivity index is 1.33. The molecule has 7 heteroatoms. The first-order valence-corrected chi connectivity index (χ1v) is 14.2. The first kappa shape index (κ1) is 23.3. The van der Waals surface area contributed by atoms with E-state index < -0.39 is 10.1 Å². The van der Waals surface area contributed by atoms with Gasteiger partial charge in [0.2, 0.25) is 0 Å². The zero-order chi connectivity index (χ0) is 23.4. The molecule has 4 aliphatic carbocycles. The summed E-state index contributed by atoms with van der Waals surface area (Å²) in [6.07, 6.45) is 9.79. The Bertz CT molecular complexity index is 997. The molecule has 1 aromatic carbocycles. The minimum atomic E-state index is -3.75. The monoisotopic (exact) mass is 473 g/mol. The van der Waals surface area contributed by atoms with Crippen molar-refractivity contribution in [1.29, 1.82) is 0 Å². The lowest BCUT2D eigenvalue weighted by Gasteiger charge is -2.61. The maximum atomic E-state index is 13.1. The zero-order valence-corrected chi connectivity index (χ0v) is 21.0. The Morgan fingerprint density at radius 1 is 0.970 bits per heavy atom. The quantitative estimate of drug-likeness (QED) is 0.383. The van der Waals surface area contributed by atoms with E-state index in [1.54, 1.807) is 12.1 Å². The predicted molar refractivity (Wildman–Crippen MR) is 126 cm³/mol. The third kappa shape index (κ3) is 3.83. The molecule has 0 bridgehead atoms. The van der Waals surface area contributed by atoms with Crippen molar-refractivity contribution in [3.63, 3.8) is 0 Å². The Kier molecular flexibility index (Phi) is 5.88. The second-order valence-electron chi connectivity index (χ2n) is 11.9. The van der Waals surface area contributed by atoms with E-state index in [4.69, 9.17) is 9.71 Å². The van der Waals surface area contributed by atoms with Gasteiger partial charge >= 0.3 is 0 Å². The SMILES string of the molecule is Cc1ccc(S(=O)(=O)O[C@H]2CC[C@@H]3[C@H]4CC[C@@H]5C[C@H](N[NH+]=[N-])CC[C@]5(C)[C@H]4CC[C@]23C)cc1. The van der Waals surface area contributed by atoms with Gasteiger partial charge in [0.15, 0.2) is 0 Å². The number of aryl methyl sites for hydroxylation is 1. The van der Waals surface area contributed by atoms with E-state index in [0.29, 0.717) is 35.1 Å². The molecule has 0 aliphatic heterocycles. The summed E-state index contributed by atoms with van der Waals surface area (Å²) in [5.74, 6) is 2.62. The van der Waals surface area contributed by atoms with Gasteiger partial charge in [-0.2, -0.15) is 19.2 Å². The van der Waals surface area contributed by atoms with Crippen LogP contribution in [0, 0.1) is 41.4 Å². The van der Waals surface area contributed by atoms with E-state index in [2.05, 4.69) is 24.5 Å². The van der Waals surface area contributed by atoms with Gasteiger partial charge in [0.25, 0.3) is 10.1 Å². The lowest BCUT2D eigenvalue weighted by atomic mass is 9.45. The van der Waals surface area contributed by atoms with Crippen molar-refractivity contribution >= 4 is 10.1 Å². The van der Waals surface area contributed by atoms with Gasteiger partial charge in [0.1, 0.15) is 0 Å². The van der Waals surface area contributed by atoms with Gasteiger partial charge in [-0.3, -0.25) is 9.61 Å². The molecule has 4 saturated carbocycles. The summed E-state index contributed by atoms with van der Waals surface area (Å²) in [5.41, 5.74) is 13.4. The van der Waals surface area contributed by atoms with Crippen LogP contribution in [0.5, 0.6) is 0 Å². The second kappa shape index (κ2) is 8.33. The van der Waals surface area contributed by atoms with Gasteiger partial charge in [-0.1, -0.05) is 31.5 Å². The highest BCUT2D eigenvalue weighted by molar-refractivity contribution is 7.86. The van der Waals surface area contributed by atoms with E-state index in [-0.39, 0.29) is 16.4 Å². The van der Waals surface area contributed by atoms with Crippen LogP contribution in [0.4, 0.5) is 0 Å². The largest absolute Gasteiger partial charge is 0.297 e. The molecule has 5 rings (SSSR count). The van der Waals surface area contributed by atoms with Gasteiger partial charge in [-0.05, 0) is 111 Å². The summed E-state index contributed by atoms with van der Waals surface area (Å²) >= 11 is 0. The third-order valence-electron chi connectivity index (χ3n) is 10.4. The normalized spacial score (nSPS) is 42.6. The number of hydrazine groups is 1. The molecule has 0 aromatic heterocycles. The first-order valence-electron chi connectivity index (χ1n) is 12.8. The lowest BCUT2D eigenvalue weighted by molar-refractivity contribution is -0.557. The molecule has 2 N–H and O–H groups in total. The molecule has 1 aromatic rings. The van der Waals surface area contributed by atoms with Crippen LogP contribution in [0.25, 0.3) is 5.53 Å². The number of rotatable bonds is 5. The summed E-state index contributed by atoms with van der Waals surface area (Å²) < 4.78 is 32.1. The van der Waals surface area contributed by atoms with Crippen LogP contribution >= 0.6 is 0 Å². The van der Waals surface area contributed by atoms with Crippen molar-refractivity contribution in [2.24, 2.45) is 34.5 Å². The van der Waals surface area contributed by atoms with Crippen LogP contribution in [0.3, 0.4) is 0 Å². The van der Waals surface area contributed by atoms with Crippen molar-refractivity contribution < 1.29 is 17.8 Å². The number of fused-ring (bicyclic) bond motifs is 5. The highest BCUT2D eigenvalue weighted by Gasteiger charge is 2.61. The molecule has 0 saturated heterocycles. The van der Waals surface area contributed by atoms with Crippen molar-refractivity contribution in [3.8, 4) is 0 Å². The molecule has 33 heavy (non-hydrogen) atoms. The van der Waals surface area contributed by atoms with E-state index >= 15 is 0 Å². The smallest absolute Gasteiger partial charge is 0.290 e. The maximum Gasteiger partial charge on any atom is 0.297 e. The number of nitrogens with one attached hydrogen (secondary N) is 2. The molecular formula is C26H39N3O3S. The van der Waals surface area contributed by atoms with Crippen LogP contribution < -0.4 is 10.6 Å². The Morgan fingerprint density at radius 2 is 1.67 bits per heavy atom. The Morgan fingerprint density at radius 3 is 2.39 bits per heavy atom. The molecule has 4 fully saturated rings. The second-order valence-corrected chi connectivity index (χ2v) is 13.4. The lowest BCUT2D eigenvalue weighted by Crippen LogP contribution is -2.78. The fourth-order valence-electron chi connectivity index (χ4n) is 8.50. The van der Waals surface area contributed by atoms with Gasteiger partial charge in [-0.15, -0.1) is 0 Å². The molecule has 0 radical (unpaired) electrons. The van der Waals surface area contributed by atoms with Crippen LogP contribution in [-0.2, 0) is 14.3 Å². The molecule has 0 unspecified atom stereocenters. The van der Waals surface area contributed by atoms with Crippen molar-refractivity contribution in [2.45, 2.75) is 95.6 Å². The summed E-state index contributed by atoms with van der Waals surface area (Å²) in [7, 11) is -3.75. The van der Waals surface area contributed by atoms with Crippen molar-refractivity contribution in [2.75, 3.05) is 0 Å². The number of hydrogen-bond donors (Lipinski definition) is 2. The molecule has 0 heterocycles. The highest BCUT2D eigenvalue weighted by Crippen LogP contribution is 2.66. The Hall–Kier alpha value is -1.47. The third-order valence-corrected chi connectivity index (χ3v) is 11.7. The van der Waals surface area contributed by atoms with Crippen LogP contribution in [0.15, 0.2) is 29.2 Å². The molecular weight excluding hydrogens is 434 g/mol. The molecule has 0 spiro atoms. The number of nitrogens with zero attached hydrogens (tertiary/aromatic N) is 1. The van der Waals surface area contributed by atoms with Crippen LogP contribution in [0.1, 0.15) is 77.2 Å². The summed E-state index contributed by atoms with van der Waals surface area (Å²) in [4.78, 5) is 0.268. The standard InChI is InChI=1S/C26H39N3O3S/c1-17-4-7-20(8-5-17)33(30,31)32-24-11-10-22-21-9-6-18-16-19(28-29-27)12-14-25(18,2)23(21)13-15-26(22,24)3/h4-5,7-8,18-19,21-24,29H,6,9-16H2,1-3H3,(H-,27,28)/t18-,19-,21-,22-,23+,24+,25+,26+/m1/s1. The molecule has 8 atom stereocenters. The fraction of sp³-hybridized carbons (Fsp3) is 0.769. The average Bonchev–Trinajstić information content (AvgIpc) is 3.10. The highest BCUT2D eigenvalue weighted by atomic mass is 32.2. The zero-order valence-electron chi connectivity index (χ0n) is 20.2. The number of benzene rings is 1. The van der Waals surface area contributed by atoms with Gasteiger partial charge in [-0.25, -0.2) is 0 Å². The summed E-state index contributed by atoms with van der Waals surface area (Å²) in [5, 5.41) is 2.16. The van der Waals surface area contributed by atoms with E-state index in [9.17, 15) is 8.42 Å². The topological polar surface area (TPSA) is 91.7 Å². The molecule has 182 valence electrons. The molecule has 0 amide bonds. The fourth-order valence-corrected chi connectivity index (χ4v) is 9.71. The van der Waals surface area contributed by atoms with E-state index in [1.807, 2.05) is 19.1 Å².